The summed E-state index contributed by atoms with van der Waals surface area (Å²) in [4.78, 5) is 25.5. The number of amides is 1. The molecule has 6 nitrogen and oxygen atoms in total. The quantitative estimate of drug-likeness (QED) is 0.534. The van der Waals surface area contributed by atoms with E-state index >= 15 is 0 Å². The van der Waals surface area contributed by atoms with Gasteiger partial charge in [-0.15, -0.1) is 0 Å². The van der Waals surface area contributed by atoms with E-state index in [1.54, 1.807) is 0 Å². The molecule has 0 fully saturated rings. The summed E-state index contributed by atoms with van der Waals surface area (Å²) in [7, 11) is 0. The summed E-state index contributed by atoms with van der Waals surface area (Å²) in [6.07, 6.45) is 1.01. The maximum atomic E-state index is 11.9. The monoisotopic (exact) mass is 297 g/mol. The summed E-state index contributed by atoms with van der Waals surface area (Å²) < 4.78 is 0. The van der Waals surface area contributed by atoms with Crippen LogP contribution in [0.3, 0.4) is 0 Å². The Balaban J connectivity index is 2.14. The molecule has 0 saturated heterocycles. The molecule has 2 rings (SSSR count). The second-order valence-corrected chi connectivity index (χ2v) is 4.74. The molecule has 0 radical (unpaired) electrons. The first-order valence-electron chi connectivity index (χ1n) is 5.17. The van der Waals surface area contributed by atoms with Crippen LogP contribution in [-0.4, -0.2) is 15.8 Å². The molecule has 8 heteroatoms. The SMILES string of the molecule is O=C(NCc1ccsc1)c1cc([N+](=O)[O-])cnc1Cl. The van der Waals surface area contributed by atoms with Crippen molar-refractivity contribution in [1.82, 2.24) is 10.3 Å². The zero-order valence-corrected chi connectivity index (χ0v) is 11.1. The summed E-state index contributed by atoms with van der Waals surface area (Å²) >= 11 is 7.28. The Morgan fingerprint density at radius 3 is 3.00 bits per heavy atom. The van der Waals surface area contributed by atoms with E-state index < -0.39 is 10.8 Å². The van der Waals surface area contributed by atoms with Gasteiger partial charge in [-0.1, -0.05) is 11.6 Å². The van der Waals surface area contributed by atoms with Gasteiger partial charge in [-0.25, -0.2) is 4.98 Å². The van der Waals surface area contributed by atoms with Gasteiger partial charge in [0.05, 0.1) is 10.5 Å². The first kappa shape index (κ1) is 13.4. The van der Waals surface area contributed by atoms with Gasteiger partial charge in [0.1, 0.15) is 11.3 Å². The Kier molecular flexibility index (Phi) is 4.08. The number of nitrogens with zero attached hydrogens (tertiary/aromatic N) is 2. The van der Waals surface area contributed by atoms with E-state index in [4.69, 9.17) is 11.6 Å². The molecule has 2 heterocycles. The molecule has 0 spiro atoms. The highest BCUT2D eigenvalue weighted by molar-refractivity contribution is 7.07. The molecule has 0 unspecified atom stereocenters. The lowest BCUT2D eigenvalue weighted by atomic mass is 10.2. The fourth-order valence-electron chi connectivity index (χ4n) is 1.37. The van der Waals surface area contributed by atoms with Gasteiger partial charge in [-0.2, -0.15) is 11.3 Å². The number of carbonyl (C=O) groups excluding carboxylic acids is 1. The minimum Gasteiger partial charge on any atom is -0.348 e. The number of nitro groups is 1. The number of halogens is 1. The molecule has 19 heavy (non-hydrogen) atoms. The Labute approximate surface area is 117 Å². The van der Waals surface area contributed by atoms with Crippen LogP contribution in [0.2, 0.25) is 5.15 Å². The van der Waals surface area contributed by atoms with Crippen molar-refractivity contribution in [3.8, 4) is 0 Å². The first-order valence-corrected chi connectivity index (χ1v) is 6.49. The number of aromatic nitrogens is 1. The molecule has 98 valence electrons. The number of nitrogens with one attached hydrogen (secondary N) is 1. The van der Waals surface area contributed by atoms with Crippen molar-refractivity contribution in [2.45, 2.75) is 6.54 Å². The highest BCUT2D eigenvalue weighted by Gasteiger charge is 2.16. The second-order valence-electron chi connectivity index (χ2n) is 3.60. The Hall–Kier alpha value is -1.99. The number of hydrogen-bond acceptors (Lipinski definition) is 5. The average molecular weight is 298 g/mol. The minimum absolute atomic E-state index is 0.00824. The van der Waals surface area contributed by atoms with Gasteiger partial charge in [0.15, 0.2) is 0 Å². The van der Waals surface area contributed by atoms with Crippen LogP contribution >= 0.6 is 22.9 Å². The second kappa shape index (κ2) is 5.77. The molecule has 1 amide bonds. The van der Waals surface area contributed by atoms with E-state index in [9.17, 15) is 14.9 Å². The molecular formula is C11H8ClN3O3S. The molecule has 2 aromatic heterocycles. The number of thiophene rings is 1. The average Bonchev–Trinajstić information content (AvgIpc) is 2.89. The van der Waals surface area contributed by atoms with E-state index in [0.29, 0.717) is 6.54 Å². The van der Waals surface area contributed by atoms with Crippen molar-refractivity contribution in [3.63, 3.8) is 0 Å². The van der Waals surface area contributed by atoms with Crippen LogP contribution < -0.4 is 5.32 Å². The molecule has 0 aliphatic carbocycles. The number of carbonyl (C=O) groups is 1. The molecule has 0 bridgehead atoms. The minimum atomic E-state index is -0.626. The maximum Gasteiger partial charge on any atom is 0.288 e. The van der Waals surface area contributed by atoms with Crippen molar-refractivity contribution in [2.24, 2.45) is 0 Å². The Morgan fingerprint density at radius 2 is 2.37 bits per heavy atom. The van der Waals surface area contributed by atoms with E-state index in [2.05, 4.69) is 10.3 Å². The zero-order chi connectivity index (χ0) is 13.8. The van der Waals surface area contributed by atoms with Gasteiger partial charge < -0.3 is 5.32 Å². The van der Waals surface area contributed by atoms with Crippen LogP contribution in [0.5, 0.6) is 0 Å². The smallest absolute Gasteiger partial charge is 0.288 e. The fraction of sp³-hybridized carbons (Fsp3) is 0.0909. The van der Waals surface area contributed by atoms with Gasteiger partial charge in [0, 0.05) is 12.6 Å². The predicted octanol–water partition coefficient (Wildman–Crippen LogP) is 2.63. The number of hydrogen-bond donors (Lipinski definition) is 1. The maximum absolute atomic E-state index is 11.9. The summed E-state index contributed by atoms with van der Waals surface area (Å²) in [5.74, 6) is -0.493. The molecule has 0 aromatic carbocycles. The van der Waals surface area contributed by atoms with Crippen molar-refractivity contribution in [2.75, 3.05) is 0 Å². The third-order valence-electron chi connectivity index (χ3n) is 2.31. The number of pyridine rings is 1. The molecule has 0 atom stereocenters. The third-order valence-corrected chi connectivity index (χ3v) is 3.35. The lowest BCUT2D eigenvalue weighted by Gasteiger charge is -2.05. The van der Waals surface area contributed by atoms with Crippen LogP contribution in [0.25, 0.3) is 0 Å². The van der Waals surface area contributed by atoms with Crippen LogP contribution in [-0.2, 0) is 6.54 Å². The third kappa shape index (κ3) is 3.27. The fourth-order valence-corrected chi connectivity index (χ4v) is 2.22. The molecule has 0 aliphatic rings. The van der Waals surface area contributed by atoms with E-state index in [0.717, 1.165) is 17.8 Å². The van der Waals surface area contributed by atoms with E-state index in [1.165, 1.54) is 11.3 Å². The molecule has 0 aliphatic heterocycles. The van der Waals surface area contributed by atoms with Crippen LogP contribution in [0.1, 0.15) is 15.9 Å². The van der Waals surface area contributed by atoms with E-state index in [-0.39, 0.29) is 16.4 Å². The van der Waals surface area contributed by atoms with E-state index in [1.807, 2.05) is 16.8 Å². The Bertz CT molecular complexity index is 616. The highest BCUT2D eigenvalue weighted by atomic mass is 35.5. The van der Waals surface area contributed by atoms with Crippen LogP contribution in [0, 0.1) is 10.1 Å². The molecular weight excluding hydrogens is 290 g/mol. The lowest BCUT2D eigenvalue weighted by molar-refractivity contribution is -0.385. The van der Waals surface area contributed by atoms with Crippen molar-refractivity contribution < 1.29 is 9.72 Å². The van der Waals surface area contributed by atoms with Crippen LogP contribution in [0.15, 0.2) is 29.1 Å². The summed E-state index contributed by atoms with van der Waals surface area (Å²) in [6, 6.07) is 2.98. The van der Waals surface area contributed by atoms with Gasteiger partial charge in [-0.05, 0) is 22.4 Å². The molecule has 0 saturated carbocycles. The summed E-state index contributed by atoms with van der Waals surface area (Å²) in [5.41, 5.74) is 0.670. The van der Waals surface area contributed by atoms with Gasteiger partial charge in [0.25, 0.3) is 11.6 Å². The van der Waals surface area contributed by atoms with Gasteiger partial charge in [0.2, 0.25) is 0 Å². The zero-order valence-electron chi connectivity index (χ0n) is 9.50. The van der Waals surface area contributed by atoms with Crippen molar-refractivity contribution in [3.05, 3.63) is 55.5 Å². The Morgan fingerprint density at radius 1 is 1.58 bits per heavy atom. The lowest BCUT2D eigenvalue weighted by Crippen LogP contribution is -2.23. The van der Waals surface area contributed by atoms with Crippen molar-refractivity contribution >= 4 is 34.5 Å². The first-order chi connectivity index (χ1) is 9.08. The predicted molar refractivity (Wildman–Crippen MR) is 71.4 cm³/mol. The van der Waals surface area contributed by atoms with Crippen molar-refractivity contribution in [1.29, 1.82) is 0 Å². The summed E-state index contributed by atoms with van der Waals surface area (Å²) in [5, 5.41) is 17.0. The van der Waals surface area contributed by atoms with Crippen LogP contribution in [0.4, 0.5) is 5.69 Å². The summed E-state index contributed by atoms with van der Waals surface area (Å²) in [6.45, 7) is 0.335. The van der Waals surface area contributed by atoms with Gasteiger partial charge >= 0.3 is 0 Å². The molecule has 2 aromatic rings. The highest BCUT2D eigenvalue weighted by Crippen LogP contribution is 2.19. The normalized spacial score (nSPS) is 10.2. The molecule has 1 N–H and O–H groups in total. The number of rotatable bonds is 4. The largest absolute Gasteiger partial charge is 0.348 e. The topological polar surface area (TPSA) is 85.1 Å². The standard InChI is InChI=1S/C11H8ClN3O3S/c12-10-9(3-8(5-13-10)15(17)18)11(16)14-4-7-1-2-19-6-7/h1-3,5-6H,4H2,(H,14,16). The van der Waals surface area contributed by atoms with Gasteiger partial charge in [-0.3, -0.25) is 14.9 Å².